The minimum absolute atomic E-state index is 0.369. The van der Waals surface area contributed by atoms with Crippen molar-refractivity contribution in [3.8, 4) is 0 Å². The molecule has 1 atom stereocenters. The first kappa shape index (κ1) is 8.24. The second-order valence-corrected chi connectivity index (χ2v) is 4.30. The maximum absolute atomic E-state index is 11.0. The smallest absolute Gasteiger partial charge is 0.130 e. The van der Waals surface area contributed by atoms with Crippen LogP contribution in [0, 0.1) is 11.8 Å². The Labute approximate surface area is 73.9 Å². The van der Waals surface area contributed by atoms with E-state index < -0.39 is 0 Å². The molecule has 3 aliphatic rings. The number of nitrogens with zero attached hydrogens (tertiary/aromatic N) is 1. The van der Waals surface area contributed by atoms with Crippen LogP contribution in [0.1, 0.15) is 26.2 Å². The lowest BCUT2D eigenvalue weighted by Gasteiger charge is -2.44. The van der Waals surface area contributed by atoms with E-state index in [-0.39, 0.29) is 0 Å². The van der Waals surface area contributed by atoms with Crippen molar-refractivity contribution in [1.29, 1.82) is 0 Å². The Morgan fingerprint density at radius 3 is 2.50 bits per heavy atom. The van der Waals surface area contributed by atoms with Crippen LogP contribution in [0.4, 0.5) is 0 Å². The number of rotatable bonds is 2. The number of ketones is 1. The van der Waals surface area contributed by atoms with Gasteiger partial charge >= 0.3 is 0 Å². The van der Waals surface area contributed by atoms with Crippen molar-refractivity contribution in [2.45, 2.75) is 26.2 Å². The van der Waals surface area contributed by atoms with Crippen molar-refractivity contribution in [1.82, 2.24) is 4.90 Å². The largest absolute Gasteiger partial charge is 0.303 e. The third-order valence-electron chi connectivity index (χ3n) is 3.34. The summed E-state index contributed by atoms with van der Waals surface area (Å²) in [5.74, 6) is 1.91. The Balaban J connectivity index is 1.95. The second kappa shape index (κ2) is 3.17. The third kappa shape index (κ3) is 1.53. The molecular formula is C10H17NO. The lowest BCUT2D eigenvalue weighted by atomic mass is 9.77. The third-order valence-corrected chi connectivity index (χ3v) is 3.34. The van der Waals surface area contributed by atoms with E-state index in [0.29, 0.717) is 11.7 Å². The predicted octanol–water partition coefficient (Wildman–Crippen LogP) is 1.31. The summed E-state index contributed by atoms with van der Waals surface area (Å²) in [6, 6.07) is 0. The van der Waals surface area contributed by atoms with Gasteiger partial charge in [-0.15, -0.1) is 0 Å². The van der Waals surface area contributed by atoms with Crippen molar-refractivity contribution in [3.63, 3.8) is 0 Å². The van der Waals surface area contributed by atoms with Gasteiger partial charge in [-0.3, -0.25) is 0 Å². The van der Waals surface area contributed by atoms with Gasteiger partial charge in [0.15, 0.2) is 0 Å². The summed E-state index contributed by atoms with van der Waals surface area (Å²) in [4.78, 5) is 13.5. The molecule has 3 heterocycles. The molecule has 0 aromatic heterocycles. The summed E-state index contributed by atoms with van der Waals surface area (Å²) in [6.07, 6.45) is 3.48. The SMILES string of the molecule is CC(=O)CC1CN2CCC1CC2. The van der Waals surface area contributed by atoms with Crippen molar-refractivity contribution in [2.24, 2.45) is 11.8 Å². The Kier molecular flexibility index (Phi) is 2.18. The molecule has 12 heavy (non-hydrogen) atoms. The standard InChI is InChI=1S/C10H17NO/c1-8(12)6-10-7-11-4-2-9(10)3-5-11/h9-10H,2-7H2,1H3. The molecule has 2 heteroatoms. The molecule has 68 valence electrons. The first-order chi connectivity index (χ1) is 5.75. The first-order valence-corrected chi connectivity index (χ1v) is 4.97. The molecule has 0 aromatic carbocycles. The molecule has 0 aromatic rings. The molecule has 2 nitrogen and oxygen atoms in total. The van der Waals surface area contributed by atoms with Crippen molar-refractivity contribution >= 4 is 5.78 Å². The Morgan fingerprint density at radius 2 is 2.08 bits per heavy atom. The fourth-order valence-electron chi connectivity index (χ4n) is 2.69. The van der Waals surface area contributed by atoms with E-state index in [2.05, 4.69) is 4.90 Å². The van der Waals surface area contributed by atoms with Gasteiger partial charge in [0.05, 0.1) is 0 Å². The van der Waals surface area contributed by atoms with Gasteiger partial charge in [0.2, 0.25) is 0 Å². The minimum Gasteiger partial charge on any atom is -0.303 e. The molecule has 0 saturated carbocycles. The van der Waals surface area contributed by atoms with E-state index in [1.807, 2.05) is 0 Å². The number of carbonyl (C=O) groups excluding carboxylic acids is 1. The molecule has 0 spiro atoms. The lowest BCUT2D eigenvalue weighted by molar-refractivity contribution is -0.119. The number of hydrogen-bond donors (Lipinski definition) is 0. The van der Waals surface area contributed by atoms with Gasteiger partial charge in [0.1, 0.15) is 5.78 Å². The monoisotopic (exact) mass is 167 g/mol. The van der Waals surface area contributed by atoms with E-state index in [9.17, 15) is 4.79 Å². The molecule has 0 radical (unpaired) electrons. The van der Waals surface area contributed by atoms with Crippen LogP contribution in [0.2, 0.25) is 0 Å². The molecule has 0 amide bonds. The van der Waals surface area contributed by atoms with Gasteiger partial charge < -0.3 is 9.69 Å². The summed E-state index contributed by atoms with van der Waals surface area (Å²) >= 11 is 0. The van der Waals surface area contributed by atoms with E-state index in [0.717, 1.165) is 12.3 Å². The zero-order chi connectivity index (χ0) is 8.55. The van der Waals surface area contributed by atoms with Crippen molar-refractivity contribution in [2.75, 3.05) is 19.6 Å². The van der Waals surface area contributed by atoms with E-state index >= 15 is 0 Å². The number of fused-ring (bicyclic) bond motifs is 3. The highest BCUT2D eigenvalue weighted by molar-refractivity contribution is 5.75. The van der Waals surface area contributed by atoms with Crippen LogP contribution in [0.3, 0.4) is 0 Å². The van der Waals surface area contributed by atoms with Crippen LogP contribution < -0.4 is 0 Å². The summed E-state index contributed by atoms with van der Waals surface area (Å²) in [7, 11) is 0. The highest BCUT2D eigenvalue weighted by Gasteiger charge is 2.34. The predicted molar refractivity (Wildman–Crippen MR) is 48.0 cm³/mol. The quantitative estimate of drug-likeness (QED) is 0.618. The average molecular weight is 167 g/mol. The molecular weight excluding hydrogens is 150 g/mol. The van der Waals surface area contributed by atoms with Crippen LogP contribution in [0.25, 0.3) is 0 Å². The zero-order valence-electron chi connectivity index (χ0n) is 7.75. The van der Waals surface area contributed by atoms with Gasteiger partial charge in [-0.1, -0.05) is 0 Å². The molecule has 1 unspecified atom stereocenters. The van der Waals surface area contributed by atoms with Crippen LogP contribution in [0.5, 0.6) is 0 Å². The summed E-state index contributed by atoms with van der Waals surface area (Å²) in [5, 5.41) is 0. The number of Topliss-reactive ketones (excluding diaryl/α,β-unsaturated/α-hetero) is 1. The van der Waals surface area contributed by atoms with E-state index in [1.165, 1.54) is 32.5 Å². The molecule has 2 bridgehead atoms. The Morgan fingerprint density at radius 1 is 1.42 bits per heavy atom. The summed E-state index contributed by atoms with van der Waals surface area (Å²) < 4.78 is 0. The van der Waals surface area contributed by atoms with Crippen LogP contribution >= 0.6 is 0 Å². The van der Waals surface area contributed by atoms with Gasteiger partial charge in [0.25, 0.3) is 0 Å². The number of hydrogen-bond acceptors (Lipinski definition) is 2. The summed E-state index contributed by atoms with van der Waals surface area (Å²) in [5.41, 5.74) is 0. The minimum atomic E-state index is 0.369. The fourth-order valence-corrected chi connectivity index (χ4v) is 2.69. The maximum atomic E-state index is 11.0. The molecule has 0 N–H and O–H groups in total. The zero-order valence-corrected chi connectivity index (χ0v) is 7.75. The van der Waals surface area contributed by atoms with Gasteiger partial charge in [-0.25, -0.2) is 0 Å². The highest BCUT2D eigenvalue weighted by atomic mass is 16.1. The fraction of sp³-hybridized carbons (Fsp3) is 0.900. The normalized spacial score (nSPS) is 39.9. The molecule has 3 fully saturated rings. The number of piperidine rings is 3. The van der Waals surface area contributed by atoms with Crippen LogP contribution in [0.15, 0.2) is 0 Å². The average Bonchev–Trinajstić information content (AvgIpc) is 2.05. The van der Waals surface area contributed by atoms with Crippen molar-refractivity contribution < 1.29 is 4.79 Å². The second-order valence-electron chi connectivity index (χ2n) is 4.30. The van der Waals surface area contributed by atoms with E-state index in [1.54, 1.807) is 6.92 Å². The van der Waals surface area contributed by atoms with E-state index in [4.69, 9.17) is 0 Å². The summed E-state index contributed by atoms with van der Waals surface area (Å²) in [6.45, 7) is 5.46. The van der Waals surface area contributed by atoms with Gasteiger partial charge in [-0.2, -0.15) is 0 Å². The van der Waals surface area contributed by atoms with Gasteiger partial charge in [-0.05, 0) is 44.7 Å². The van der Waals surface area contributed by atoms with Crippen LogP contribution in [-0.2, 0) is 4.79 Å². The topological polar surface area (TPSA) is 20.3 Å². The number of carbonyl (C=O) groups is 1. The van der Waals surface area contributed by atoms with Crippen LogP contribution in [-0.4, -0.2) is 30.3 Å². The highest BCUT2D eigenvalue weighted by Crippen LogP contribution is 2.34. The lowest BCUT2D eigenvalue weighted by Crippen LogP contribution is -2.47. The van der Waals surface area contributed by atoms with Crippen molar-refractivity contribution in [3.05, 3.63) is 0 Å². The maximum Gasteiger partial charge on any atom is 0.130 e. The molecule has 3 rings (SSSR count). The van der Waals surface area contributed by atoms with Gasteiger partial charge in [0, 0.05) is 13.0 Å². The molecule has 3 saturated heterocycles. The Bertz CT molecular complexity index is 182. The molecule has 0 aliphatic carbocycles. The Hall–Kier alpha value is -0.370. The first-order valence-electron chi connectivity index (χ1n) is 4.97. The molecule has 3 aliphatic heterocycles.